The van der Waals surface area contributed by atoms with E-state index in [-0.39, 0.29) is 23.0 Å². The van der Waals surface area contributed by atoms with Crippen molar-refractivity contribution in [3.63, 3.8) is 0 Å². The van der Waals surface area contributed by atoms with E-state index in [1.807, 2.05) is 50.2 Å². The number of rotatable bonds is 5. The summed E-state index contributed by atoms with van der Waals surface area (Å²) in [5.74, 6) is 0.180. The van der Waals surface area contributed by atoms with Crippen LogP contribution in [0.1, 0.15) is 45.7 Å². The van der Waals surface area contributed by atoms with Gasteiger partial charge in [-0.25, -0.2) is 0 Å². The monoisotopic (exact) mass is 380 g/mol. The molecule has 0 aliphatic carbocycles. The zero-order valence-corrected chi connectivity index (χ0v) is 17.2. The molecule has 6 heteroatoms. The Hall–Kier alpha value is -2.89. The Kier molecular flexibility index (Phi) is 5.40. The van der Waals surface area contributed by atoms with Gasteiger partial charge in [0.15, 0.2) is 0 Å². The zero-order chi connectivity index (χ0) is 20.5. The Morgan fingerprint density at radius 2 is 1.75 bits per heavy atom. The lowest BCUT2D eigenvalue weighted by atomic mass is 9.84. The third-order valence-corrected chi connectivity index (χ3v) is 4.70. The van der Waals surface area contributed by atoms with Gasteiger partial charge in [-0.2, -0.15) is 0 Å². The van der Waals surface area contributed by atoms with Gasteiger partial charge in [-0.1, -0.05) is 52.8 Å². The quantitative estimate of drug-likeness (QED) is 0.707. The molecule has 0 bridgehead atoms. The molecule has 0 fully saturated rings. The normalized spacial score (nSPS) is 11.9. The second-order valence-electron chi connectivity index (χ2n) is 8.43. The maximum Gasteiger partial charge on any atom is 0.222 e. The molecule has 148 valence electrons. The molecular formula is C22H28N4O2. The van der Waals surface area contributed by atoms with Gasteiger partial charge in [0.1, 0.15) is 22.5 Å². The maximum absolute atomic E-state index is 11.8. The van der Waals surface area contributed by atoms with Crippen LogP contribution < -0.4 is 5.32 Å². The Morgan fingerprint density at radius 3 is 2.29 bits per heavy atom. The number of aromatic nitrogens is 3. The van der Waals surface area contributed by atoms with E-state index in [2.05, 4.69) is 36.3 Å². The highest BCUT2D eigenvalue weighted by Crippen LogP contribution is 2.36. The van der Waals surface area contributed by atoms with Crippen molar-refractivity contribution in [2.45, 2.75) is 46.5 Å². The number of fused-ring (bicyclic) bond motifs is 1. The zero-order valence-electron chi connectivity index (χ0n) is 17.2. The summed E-state index contributed by atoms with van der Waals surface area (Å²) < 4.78 is 0. The first-order valence-corrected chi connectivity index (χ1v) is 9.63. The van der Waals surface area contributed by atoms with Crippen molar-refractivity contribution < 1.29 is 9.90 Å². The number of carbonyl (C=O) groups is 1. The summed E-state index contributed by atoms with van der Waals surface area (Å²) in [7, 11) is 0. The van der Waals surface area contributed by atoms with E-state index in [1.165, 1.54) is 4.80 Å². The number of nitrogens with one attached hydrogen (secondary N) is 1. The van der Waals surface area contributed by atoms with Crippen LogP contribution in [0.2, 0.25) is 0 Å². The number of carbonyl (C=O) groups excluding carboxylic acids is 1. The lowest BCUT2D eigenvalue weighted by molar-refractivity contribution is -0.123. The van der Waals surface area contributed by atoms with Crippen molar-refractivity contribution >= 4 is 16.9 Å². The van der Waals surface area contributed by atoms with Gasteiger partial charge >= 0.3 is 0 Å². The Balaban J connectivity index is 1.99. The van der Waals surface area contributed by atoms with E-state index in [9.17, 15) is 9.90 Å². The largest absolute Gasteiger partial charge is 0.505 e. The molecule has 0 unspecified atom stereocenters. The minimum Gasteiger partial charge on any atom is -0.505 e. The topological polar surface area (TPSA) is 80.0 Å². The van der Waals surface area contributed by atoms with E-state index in [0.717, 1.165) is 22.2 Å². The Labute approximate surface area is 165 Å². The van der Waals surface area contributed by atoms with Gasteiger partial charge < -0.3 is 10.4 Å². The molecule has 0 spiro atoms. The van der Waals surface area contributed by atoms with Crippen molar-refractivity contribution in [1.29, 1.82) is 0 Å². The van der Waals surface area contributed by atoms with Gasteiger partial charge in [-0.05, 0) is 35.6 Å². The number of hydrogen-bond donors (Lipinski definition) is 2. The third kappa shape index (κ3) is 4.16. The van der Waals surface area contributed by atoms with E-state index in [0.29, 0.717) is 18.7 Å². The molecule has 28 heavy (non-hydrogen) atoms. The fraction of sp³-hybridized carbons (Fsp3) is 0.409. The van der Waals surface area contributed by atoms with E-state index < -0.39 is 0 Å². The highest BCUT2D eigenvalue weighted by Gasteiger charge is 2.23. The molecule has 2 aromatic carbocycles. The lowest BCUT2D eigenvalue weighted by Gasteiger charge is -2.23. The molecule has 3 aromatic rings. The molecule has 1 amide bonds. The first kappa shape index (κ1) is 19.9. The number of phenolic OH excluding ortho intramolecular Hbond substituents is 1. The van der Waals surface area contributed by atoms with Gasteiger partial charge in [-0.3, -0.25) is 4.79 Å². The Morgan fingerprint density at radius 1 is 1.14 bits per heavy atom. The van der Waals surface area contributed by atoms with Crippen LogP contribution in [0.3, 0.4) is 0 Å². The minimum absolute atomic E-state index is 0.0371. The number of amides is 1. The Bertz CT molecular complexity index is 966. The SMILES string of the molecule is CC(C)C(=O)NCCc1cc(-n2nc3ccccc3n2)c(O)c(C(C)(C)C)c1. The molecule has 6 nitrogen and oxygen atoms in total. The molecule has 0 radical (unpaired) electrons. The van der Waals surface area contributed by atoms with Crippen molar-refractivity contribution in [2.24, 2.45) is 5.92 Å². The summed E-state index contributed by atoms with van der Waals surface area (Å²) in [5, 5.41) is 22.9. The van der Waals surface area contributed by atoms with E-state index in [4.69, 9.17) is 0 Å². The number of nitrogens with zero attached hydrogens (tertiary/aromatic N) is 3. The first-order chi connectivity index (χ1) is 13.2. The molecule has 0 aliphatic heterocycles. The van der Waals surface area contributed by atoms with Crippen molar-refractivity contribution in [3.05, 3.63) is 47.5 Å². The van der Waals surface area contributed by atoms with Crippen LogP contribution >= 0.6 is 0 Å². The molecule has 0 atom stereocenters. The molecule has 1 heterocycles. The predicted octanol–water partition coefficient (Wildman–Crippen LogP) is 3.74. The summed E-state index contributed by atoms with van der Waals surface area (Å²) in [6.45, 7) is 10.5. The van der Waals surface area contributed by atoms with Gasteiger partial charge in [0.2, 0.25) is 5.91 Å². The molecule has 0 saturated carbocycles. The van der Waals surface area contributed by atoms with Crippen LogP contribution in [-0.2, 0) is 16.6 Å². The number of benzene rings is 2. The van der Waals surface area contributed by atoms with Crippen molar-refractivity contribution in [2.75, 3.05) is 6.54 Å². The molecular weight excluding hydrogens is 352 g/mol. The molecule has 2 N–H and O–H groups in total. The summed E-state index contributed by atoms with van der Waals surface area (Å²) in [4.78, 5) is 13.3. The van der Waals surface area contributed by atoms with Crippen LogP contribution in [0.4, 0.5) is 0 Å². The smallest absolute Gasteiger partial charge is 0.222 e. The second kappa shape index (κ2) is 7.62. The fourth-order valence-electron chi connectivity index (χ4n) is 3.05. The average Bonchev–Trinajstić information content (AvgIpc) is 3.05. The standard InChI is InChI=1S/C22H28N4O2/c1-14(2)21(28)23-11-10-15-12-16(22(3,4)5)20(27)19(13-15)26-24-17-8-6-7-9-18(17)25-26/h6-9,12-14,27H,10-11H2,1-5H3,(H,23,28). The minimum atomic E-state index is -0.247. The maximum atomic E-state index is 11.8. The summed E-state index contributed by atoms with van der Waals surface area (Å²) in [5.41, 5.74) is 3.69. The summed E-state index contributed by atoms with van der Waals surface area (Å²) >= 11 is 0. The summed E-state index contributed by atoms with van der Waals surface area (Å²) in [6.07, 6.45) is 0.662. The molecule has 0 saturated heterocycles. The number of phenols is 1. The van der Waals surface area contributed by atoms with Crippen LogP contribution in [0.5, 0.6) is 5.75 Å². The summed E-state index contributed by atoms with van der Waals surface area (Å²) in [6, 6.07) is 11.5. The van der Waals surface area contributed by atoms with Crippen LogP contribution in [0, 0.1) is 5.92 Å². The predicted molar refractivity (Wildman–Crippen MR) is 111 cm³/mol. The van der Waals surface area contributed by atoms with Gasteiger partial charge in [0, 0.05) is 18.0 Å². The average molecular weight is 380 g/mol. The van der Waals surface area contributed by atoms with Gasteiger partial charge in [0.25, 0.3) is 0 Å². The van der Waals surface area contributed by atoms with Gasteiger partial charge in [0.05, 0.1) is 0 Å². The highest BCUT2D eigenvalue weighted by atomic mass is 16.3. The van der Waals surface area contributed by atoms with Crippen LogP contribution in [-0.4, -0.2) is 32.6 Å². The van der Waals surface area contributed by atoms with E-state index in [1.54, 1.807) is 0 Å². The fourth-order valence-corrected chi connectivity index (χ4v) is 3.05. The lowest BCUT2D eigenvalue weighted by Crippen LogP contribution is -2.29. The van der Waals surface area contributed by atoms with Crippen LogP contribution in [0.25, 0.3) is 16.7 Å². The molecule has 1 aromatic heterocycles. The molecule has 0 aliphatic rings. The molecule has 3 rings (SSSR count). The van der Waals surface area contributed by atoms with Crippen molar-refractivity contribution in [3.8, 4) is 11.4 Å². The van der Waals surface area contributed by atoms with Gasteiger partial charge in [-0.15, -0.1) is 15.0 Å². The first-order valence-electron chi connectivity index (χ1n) is 9.63. The number of hydrogen-bond acceptors (Lipinski definition) is 4. The van der Waals surface area contributed by atoms with E-state index >= 15 is 0 Å². The highest BCUT2D eigenvalue weighted by molar-refractivity contribution is 5.77. The number of aromatic hydroxyl groups is 1. The van der Waals surface area contributed by atoms with Crippen molar-refractivity contribution in [1.82, 2.24) is 20.3 Å². The second-order valence-corrected chi connectivity index (χ2v) is 8.43. The third-order valence-electron chi connectivity index (χ3n) is 4.70. The van der Waals surface area contributed by atoms with Crippen LogP contribution in [0.15, 0.2) is 36.4 Å².